The van der Waals surface area contributed by atoms with Crippen molar-refractivity contribution in [2.24, 2.45) is 0 Å². The van der Waals surface area contributed by atoms with E-state index in [0.717, 1.165) is 35.4 Å². The van der Waals surface area contributed by atoms with Crippen molar-refractivity contribution in [2.45, 2.75) is 13.8 Å². The van der Waals surface area contributed by atoms with Crippen molar-refractivity contribution in [3.63, 3.8) is 0 Å². The molecule has 2 rings (SSSR count). The Bertz CT molecular complexity index is 466. The minimum atomic E-state index is 0.873. The van der Waals surface area contributed by atoms with Gasteiger partial charge in [-0.2, -0.15) is 0 Å². The monoisotopic (exact) mass is 216 g/mol. The molecule has 0 aliphatic carbocycles. The van der Waals surface area contributed by atoms with Crippen molar-refractivity contribution in [1.82, 2.24) is 10.3 Å². The number of fused-ring (bicyclic) bond motifs is 1. The molecule has 0 saturated heterocycles. The molecule has 0 aromatic carbocycles. The normalized spacial score (nSPS) is 12.2. The van der Waals surface area contributed by atoms with Gasteiger partial charge < -0.3 is 9.73 Å². The second-order valence-corrected chi connectivity index (χ2v) is 3.72. The highest BCUT2D eigenvalue weighted by Crippen LogP contribution is 2.23. The standard InChI is InChI=1S/C13H16N2O/c1-3-14-6-4-10(2)13-8-11-9-15-7-5-12(11)16-13/h4-5,7-9,14H,3,6H2,1-2H3/b10-4+. The van der Waals surface area contributed by atoms with Gasteiger partial charge in [0.05, 0.1) is 0 Å². The predicted molar refractivity (Wildman–Crippen MR) is 66.2 cm³/mol. The summed E-state index contributed by atoms with van der Waals surface area (Å²) in [7, 11) is 0. The molecule has 1 N–H and O–H groups in total. The highest BCUT2D eigenvalue weighted by Gasteiger charge is 2.04. The summed E-state index contributed by atoms with van der Waals surface area (Å²) in [5.74, 6) is 0.918. The highest BCUT2D eigenvalue weighted by atomic mass is 16.3. The molecule has 0 aliphatic heterocycles. The number of rotatable bonds is 4. The molecule has 0 unspecified atom stereocenters. The summed E-state index contributed by atoms with van der Waals surface area (Å²) in [5.41, 5.74) is 2.04. The Labute approximate surface area is 95.2 Å². The second-order valence-electron chi connectivity index (χ2n) is 3.72. The Morgan fingerprint density at radius 1 is 1.56 bits per heavy atom. The zero-order valence-electron chi connectivity index (χ0n) is 9.66. The second kappa shape index (κ2) is 4.94. The van der Waals surface area contributed by atoms with Gasteiger partial charge in [-0.3, -0.25) is 4.98 Å². The number of hydrogen-bond acceptors (Lipinski definition) is 3. The van der Waals surface area contributed by atoms with Crippen LogP contribution in [0.4, 0.5) is 0 Å². The van der Waals surface area contributed by atoms with Crippen LogP contribution in [0.15, 0.2) is 35.0 Å². The van der Waals surface area contributed by atoms with Gasteiger partial charge in [-0.05, 0) is 31.2 Å². The van der Waals surface area contributed by atoms with E-state index in [9.17, 15) is 0 Å². The molecule has 0 radical (unpaired) electrons. The third-order valence-corrected chi connectivity index (χ3v) is 2.51. The van der Waals surface area contributed by atoms with Crippen LogP contribution in [0.3, 0.4) is 0 Å². The smallest absolute Gasteiger partial charge is 0.137 e. The van der Waals surface area contributed by atoms with E-state index < -0.39 is 0 Å². The molecule has 0 spiro atoms. The summed E-state index contributed by atoms with van der Waals surface area (Å²) in [4.78, 5) is 4.07. The zero-order valence-corrected chi connectivity index (χ0v) is 9.66. The topological polar surface area (TPSA) is 38.1 Å². The minimum absolute atomic E-state index is 0.873. The van der Waals surface area contributed by atoms with Crippen LogP contribution >= 0.6 is 0 Å². The molecule has 3 heteroatoms. The maximum atomic E-state index is 5.72. The first-order valence-corrected chi connectivity index (χ1v) is 5.52. The largest absolute Gasteiger partial charge is 0.456 e. The molecule has 0 atom stereocenters. The van der Waals surface area contributed by atoms with E-state index in [1.54, 1.807) is 6.20 Å². The first-order chi connectivity index (χ1) is 7.81. The Hall–Kier alpha value is -1.61. The summed E-state index contributed by atoms with van der Waals surface area (Å²) in [5, 5.41) is 4.30. The first-order valence-electron chi connectivity index (χ1n) is 5.52. The van der Waals surface area contributed by atoms with Gasteiger partial charge in [-0.25, -0.2) is 0 Å². The highest BCUT2D eigenvalue weighted by molar-refractivity contribution is 5.80. The SMILES string of the molecule is CCNC/C=C(\C)c1cc2cnccc2o1. The van der Waals surface area contributed by atoms with Crippen molar-refractivity contribution in [3.05, 3.63) is 36.4 Å². The van der Waals surface area contributed by atoms with Crippen LogP contribution in [0.5, 0.6) is 0 Å². The Kier molecular flexibility index (Phi) is 3.37. The lowest BCUT2D eigenvalue weighted by atomic mass is 10.2. The lowest BCUT2D eigenvalue weighted by molar-refractivity contribution is 0.598. The summed E-state index contributed by atoms with van der Waals surface area (Å²) < 4.78 is 5.72. The van der Waals surface area contributed by atoms with Crippen molar-refractivity contribution in [1.29, 1.82) is 0 Å². The maximum Gasteiger partial charge on any atom is 0.137 e. The summed E-state index contributed by atoms with van der Waals surface area (Å²) in [6.07, 6.45) is 5.70. The number of allylic oxidation sites excluding steroid dienone is 1. The fraction of sp³-hybridized carbons (Fsp3) is 0.308. The molecule has 2 aromatic heterocycles. The number of likely N-dealkylation sites (N-methyl/N-ethyl adjacent to an activating group) is 1. The lowest BCUT2D eigenvalue weighted by Gasteiger charge is -1.97. The Balaban J connectivity index is 2.22. The van der Waals surface area contributed by atoms with E-state index in [1.807, 2.05) is 18.3 Å². The molecule has 16 heavy (non-hydrogen) atoms. The maximum absolute atomic E-state index is 5.72. The predicted octanol–water partition coefficient (Wildman–Crippen LogP) is 2.84. The van der Waals surface area contributed by atoms with Gasteiger partial charge in [0.25, 0.3) is 0 Å². The molecule has 0 aliphatic rings. The molecule has 84 valence electrons. The van der Waals surface area contributed by atoms with Gasteiger partial charge in [0.15, 0.2) is 0 Å². The zero-order chi connectivity index (χ0) is 11.4. The molecule has 0 bridgehead atoms. The van der Waals surface area contributed by atoms with Crippen molar-refractivity contribution >= 4 is 16.5 Å². The molecule has 3 nitrogen and oxygen atoms in total. The van der Waals surface area contributed by atoms with Gasteiger partial charge in [-0.15, -0.1) is 0 Å². The van der Waals surface area contributed by atoms with E-state index in [4.69, 9.17) is 4.42 Å². The number of aromatic nitrogens is 1. The van der Waals surface area contributed by atoms with Crippen LogP contribution in [-0.2, 0) is 0 Å². The fourth-order valence-electron chi connectivity index (χ4n) is 1.55. The van der Waals surface area contributed by atoms with Crippen molar-refractivity contribution < 1.29 is 4.42 Å². The van der Waals surface area contributed by atoms with Crippen molar-refractivity contribution in [3.8, 4) is 0 Å². The molecule has 2 heterocycles. The number of nitrogens with zero attached hydrogens (tertiary/aromatic N) is 1. The Morgan fingerprint density at radius 3 is 3.19 bits per heavy atom. The fourth-order valence-corrected chi connectivity index (χ4v) is 1.55. The number of pyridine rings is 1. The van der Waals surface area contributed by atoms with Gasteiger partial charge in [-0.1, -0.05) is 13.0 Å². The first kappa shape index (κ1) is 10.9. The summed E-state index contributed by atoms with van der Waals surface area (Å²) in [6.45, 7) is 6.00. The van der Waals surface area contributed by atoms with E-state index in [0.29, 0.717) is 0 Å². The van der Waals surface area contributed by atoms with E-state index in [-0.39, 0.29) is 0 Å². The summed E-state index contributed by atoms with van der Waals surface area (Å²) >= 11 is 0. The van der Waals surface area contributed by atoms with Crippen LogP contribution in [-0.4, -0.2) is 18.1 Å². The molecular formula is C13H16N2O. The summed E-state index contributed by atoms with van der Waals surface area (Å²) in [6, 6.07) is 3.91. The number of hydrogen-bond donors (Lipinski definition) is 1. The molecule has 2 aromatic rings. The average molecular weight is 216 g/mol. The minimum Gasteiger partial charge on any atom is -0.456 e. The quantitative estimate of drug-likeness (QED) is 0.799. The van der Waals surface area contributed by atoms with E-state index in [2.05, 4.69) is 30.2 Å². The molecule has 0 saturated carbocycles. The van der Waals surface area contributed by atoms with Crippen LogP contribution in [0, 0.1) is 0 Å². The van der Waals surface area contributed by atoms with Gasteiger partial charge in [0, 0.05) is 24.3 Å². The van der Waals surface area contributed by atoms with E-state index in [1.165, 1.54) is 0 Å². The number of nitrogens with one attached hydrogen (secondary N) is 1. The third kappa shape index (κ3) is 2.31. The van der Waals surface area contributed by atoms with Gasteiger partial charge >= 0.3 is 0 Å². The molecular weight excluding hydrogens is 200 g/mol. The lowest BCUT2D eigenvalue weighted by Crippen LogP contribution is -2.11. The van der Waals surface area contributed by atoms with Crippen LogP contribution in [0.2, 0.25) is 0 Å². The van der Waals surface area contributed by atoms with Crippen LogP contribution in [0.1, 0.15) is 19.6 Å². The molecule has 0 amide bonds. The van der Waals surface area contributed by atoms with Gasteiger partial charge in [0.1, 0.15) is 11.3 Å². The molecule has 0 fully saturated rings. The van der Waals surface area contributed by atoms with Crippen LogP contribution in [0.25, 0.3) is 16.5 Å². The van der Waals surface area contributed by atoms with Crippen LogP contribution < -0.4 is 5.32 Å². The van der Waals surface area contributed by atoms with Crippen molar-refractivity contribution in [2.75, 3.05) is 13.1 Å². The van der Waals surface area contributed by atoms with Gasteiger partial charge in [0.2, 0.25) is 0 Å². The Morgan fingerprint density at radius 2 is 2.44 bits per heavy atom. The van der Waals surface area contributed by atoms with E-state index >= 15 is 0 Å². The number of furan rings is 1. The third-order valence-electron chi connectivity index (χ3n) is 2.51. The average Bonchev–Trinajstić information content (AvgIpc) is 2.73.